The Bertz CT molecular complexity index is 862. The largest absolute Gasteiger partial charge is 0.480 e. The Morgan fingerprint density at radius 1 is 1.41 bits per heavy atom. The quantitative estimate of drug-likeness (QED) is 0.488. The van der Waals surface area contributed by atoms with Gasteiger partial charge in [0.2, 0.25) is 0 Å². The van der Waals surface area contributed by atoms with Crippen LogP contribution in [0.3, 0.4) is 0 Å². The van der Waals surface area contributed by atoms with E-state index in [1.165, 1.54) is 17.9 Å². The van der Waals surface area contributed by atoms with E-state index in [4.69, 9.17) is 14.9 Å². The van der Waals surface area contributed by atoms with Crippen molar-refractivity contribution in [2.75, 3.05) is 25.1 Å². The zero-order valence-corrected chi connectivity index (χ0v) is 14.1. The van der Waals surface area contributed by atoms with E-state index >= 15 is 0 Å². The maximum atomic E-state index is 14.4. The number of hydrogen-bond donors (Lipinski definition) is 4. The first kappa shape index (κ1) is 18.9. The first-order valence-corrected chi connectivity index (χ1v) is 7.84. The van der Waals surface area contributed by atoms with E-state index in [2.05, 4.69) is 20.3 Å². The molecule has 1 aliphatic rings. The van der Waals surface area contributed by atoms with E-state index < -0.39 is 49.8 Å². The first-order valence-electron chi connectivity index (χ1n) is 7.84. The van der Waals surface area contributed by atoms with Crippen molar-refractivity contribution in [3.8, 4) is 0 Å². The van der Waals surface area contributed by atoms with Gasteiger partial charge in [-0.3, -0.25) is 14.3 Å². The van der Waals surface area contributed by atoms with Crippen LogP contribution in [0.5, 0.6) is 0 Å². The van der Waals surface area contributed by atoms with Crippen LogP contribution < -0.4 is 10.2 Å². The topological polar surface area (TPSA) is 163 Å². The number of aliphatic carboxylic acids is 1. The molecule has 0 saturated carbocycles. The molecule has 1 saturated heterocycles. The van der Waals surface area contributed by atoms with Gasteiger partial charge in [-0.1, -0.05) is 0 Å². The molecule has 3 rings (SSSR count). The molecule has 13 heteroatoms. The number of aliphatic hydroxyl groups excluding tert-OH is 2. The number of halogens is 1. The number of aliphatic hydroxyl groups is 2. The Labute approximate surface area is 151 Å². The second kappa shape index (κ2) is 7.38. The van der Waals surface area contributed by atoms with Gasteiger partial charge >= 0.3 is 12.0 Å². The Hall–Kier alpha value is -2.90. The van der Waals surface area contributed by atoms with Gasteiger partial charge in [-0.05, 0) is 0 Å². The lowest BCUT2D eigenvalue weighted by atomic mass is 10.1. The fraction of sp³-hybridized carbons (Fsp3) is 0.500. The van der Waals surface area contributed by atoms with Gasteiger partial charge in [-0.15, -0.1) is 0 Å². The molecule has 146 valence electrons. The molecule has 2 aromatic heterocycles. The number of alkyl halides is 1. The molecule has 4 atom stereocenters. The summed E-state index contributed by atoms with van der Waals surface area (Å²) in [5, 5.41) is 29.8. The minimum absolute atomic E-state index is 0.0642. The van der Waals surface area contributed by atoms with Gasteiger partial charge in [0.15, 0.2) is 29.4 Å². The number of nitrogens with one attached hydrogen (secondary N) is 1. The van der Waals surface area contributed by atoms with Gasteiger partial charge in [0.05, 0.1) is 12.9 Å². The Kier molecular flexibility index (Phi) is 5.16. The molecule has 0 bridgehead atoms. The van der Waals surface area contributed by atoms with E-state index in [0.717, 1.165) is 11.2 Å². The van der Waals surface area contributed by atoms with Crippen molar-refractivity contribution in [1.82, 2.24) is 24.8 Å². The molecule has 3 heterocycles. The molecular formula is C14H17FN6O6. The molecule has 0 aliphatic carbocycles. The summed E-state index contributed by atoms with van der Waals surface area (Å²) in [5.74, 6) is -1.15. The van der Waals surface area contributed by atoms with Crippen molar-refractivity contribution >= 4 is 29.0 Å². The highest BCUT2D eigenvalue weighted by molar-refractivity contribution is 5.98. The number of aromatic nitrogens is 4. The van der Waals surface area contributed by atoms with Crippen molar-refractivity contribution in [3.05, 3.63) is 12.7 Å². The van der Waals surface area contributed by atoms with Crippen molar-refractivity contribution < 1.29 is 34.0 Å². The first-order chi connectivity index (χ1) is 12.8. The van der Waals surface area contributed by atoms with Gasteiger partial charge in [-0.25, -0.2) is 24.1 Å². The average molecular weight is 384 g/mol. The molecule has 2 aromatic rings. The molecule has 2 amide bonds. The molecule has 0 spiro atoms. The van der Waals surface area contributed by atoms with E-state index in [-0.39, 0.29) is 17.0 Å². The van der Waals surface area contributed by atoms with E-state index in [0.29, 0.717) is 0 Å². The molecule has 27 heavy (non-hydrogen) atoms. The number of imidazole rings is 1. The summed E-state index contributed by atoms with van der Waals surface area (Å²) in [5.41, 5.74) is 0.277. The number of amides is 2. The third kappa shape index (κ3) is 3.39. The normalized spacial score (nSPS) is 24.9. The van der Waals surface area contributed by atoms with Crippen LogP contribution in [0.2, 0.25) is 0 Å². The zero-order valence-electron chi connectivity index (χ0n) is 14.1. The fourth-order valence-corrected chi connectivity index (χ4v) is 2.72. The van der Waals surface area contributed by atoms with Crippen LogP contribution in [0.25, 0.3) is 11.2 Å². The molecule has 1 aliphatic heterocycles. The number of urea groups is 1. The van der Waals surface area contributed by atoms with Gasteiger partial charge in [-0.2, -0.15) is 0 Å². The number of carbonyl (C=O) groups excluding carboxylic acids is 1. The summed E-state index contributed by atoms with van der Waals surface area (Å²) in [6.07, 6.45) is -3.35. The Morgan fingerprint density at radius 3 is 2.78 bits per heavy atom. The van der Waals surface area contributed by atoms with Crippen LogP contribution in [-0.2, 0) is 9.53 Å². The van der Waals surface area contributed by atoms with Crippen LogP contribution in [-0.4, -0.2) is 85.4 Å². The lowest BCUT2D eigenvalue weighted by Gasteiger charge is -2.17. The van der Waals surface area contributed by atoms with Crippen molar-refractivity contribution in [2.24, 2.45) is 0 Å². The zero-order chi connectivity index (χ0) is 19.7. The van der Waals surface area contributed by atoms with Crippen molar-refractivity contribution in [3.63, 3.8) is 0 Å². The third-order valence-electron chi connectivity index (χ3n) is 4.10. The number of nitrogens with zero attached hydrogens (tertiary/aromatic N) is 5. The fourth-order valence-electron chi connectivity index (χ4n) is 2.72. The number of hydrogen-bond acceptors (Lipinski definition) is 8. The Morgan fingerprint density at radius 2 is 2.15 bits per heavy atom. The number of anilines is 1. The standard InChI is InChI=1S/C14H17FN6O6/c1-20(14(26)16-2-7(23)24)11-9-12(18-4-17-11)21(5-19-9)13-8(15)10(25)6(3-22)27-13/h4-6,8,10,13,22,25H,2-3H2,1H3,(H,16,26)(H,23,24)/t6-,8+,10?,13-/m1/s1. The summed E-state index contributed by atoms with van der Waals surface area (Å²) in [6, 6.07) is -0.733. The van der Waals surface area contributed by atoms with Crippen molar-refractivity contribution in [1.29, 1.82) is 0 Å². The minimum Gasteiger partial charge on any atom is -0.480 e. The molecule has 0 radical (unpaired) electrons. The highest BCUT2D eigenvalue weighted by Gasteiger charge is 2.45. The number of carboxylic acids is 1. The smallest absolute Gasteiger partial charge is 0.323 e. The number of rotatable bonds is 5. The second-order valence-corrected chi connectivity index (χ2v) is 5.82. The van der Waals surface area contributed by atoms with Crippen LogP contribution in [0.1, 0.15) is 6.23 Å². The van der Waals surface area contributed by atoms with Crippen LogP contribution >= 0.6 is 0 Å². The van der Waals surface area contributed by atoms with E-state index in [9.17, 15) is 19.1 Å². The molecule has 0 aromatic carbocycles. The van der Waals surface area contributed by atoms with Crippen LogP contribution in [0.4, 0.5) is 15.0 Å². The highest BCUT2D eigenvalue weighted by Crippen LogP contribution is 2.34. The predicted molar refractivity (Wildman–Crippen MR) is 86.7 cm³/mol. The van der Waals surface area contributed by atoms with Gasteiger partial charge in [0.25, 0.3) is 0 Å². The van der Waals surface area contributed by atoms with Gasteiger partial charge in [0, 0.05) is 7.05 Å². The number of ether oxygens (including phenoxy) is 1. The predicted octanol–water partition coefficient (Wildman–Crippen LogP) is -1.35. The molecule has 4 N–H and O–H groups in total. The van der Waals surface area contributed by atoms with Crippen LogP contribution in [0, 0.1) is 0 Å². The number of fused-ring (bicyclic) bond motifs is 1. The third-order valence-corrected chi connectivity index (χ3v) is 4.10. The number of carboxylic acid groups (broad SMARTS) is 1. The summed E-state index contributed by atoms with van der Waals surface area (Å²) < 4.78 is 20.9. The van der Waals surface area contributed by atoms with E-state index in [1.807, 2.05) is 0 Å². The van der Waals surface area contributed by atoms with E-state index in [1.54, 1.807) is 0 Å². The molecule has 1 fully saturated rings. The minimum atomic E-state index is -1.82. The van der Waals surface area contributed by atoms with Crippen molar-refractivity contribution in [2.45, 2.75) is 24.6 Å². The average Bonchev–Trinajstić information content (AvgIpc) is 3.20. The van der Waals surface area contributed by atoms with Gasteiger partial charge < -0.3 is 25.4 Å². The highest BCUT2D eigenvalue weighted by atomic mass is 19.1. The summed E-state index contributed by atoms with van der Waals surface area (Å²) in [7, 11) is 1.35. The summed E-state index contributed by atoms with van der Waals surface area (Å²) >= 11 is 0. The molecule has 12 nitrogen and oxygen atoms in total. The Balaban J connectivity index is 1.91. The summed E-state index contributed by atoms with van der Waals surface area (Å²) in [6.45, 7) is -1.14. The maximum Gasteiger partial charge on any atom is 0.323 e. The lowest BCUT2D eigenvalue weighted by Crippen LogP contribution is -2.40. The van der Waals surface area contributed by atoms with Gasteiger partial charge in [0.1, 0.15) is 25.1 Å². The SMILES string of the molecule is CN(C(=O)NCC(=O)O)c1ncnc2c1ncn2[C@@H]1O[C@H](CO)C(O)[C@@H]1F. The second-order valence-electron chi connectivity index (χ2n) is 5.82. The summed E-state index contributed by atoms with van der Waals surface area (Å²) in [4.78, 5) is 35.7. The molecular weight excluding hydrogens is 367 g/mol. The van der Waals surface area contributed by atoms with Crippen LogP contribution in [0.15, 0.2) is 12.7 Å². The number of carbonyl (C=O) groups is 2. The maximum absolute atomic E-state index is 14.4. The monoisotopic (exact) mass is 384 g/mol. The molecule has 1 unspecified atom stereocenters. The lowest BCUT2D eigenvalue weighted by molar-refractivity contribution is -0.135.